The minimum Gasteiger partial charge on any atom is -0.807 e. The molecule has 2 aliphatic heterocycles. The number of carboxylic acid groups (broad SMARTS) is 1. The number of carbonyl (C=O) groups excluding carboxylic acids is 1. The summed E-state index contributed by atoms with van der Waals surface area (Å²) in [6, 6.07) is 10.8. The van der Waals surface area contributed by atoms with Crippen molar-refractivity contribution in [3.63, 3.8) is 0 Å². The molecule has 0 bridgehead atoms. The molecule has 4 rings (SSSR count). The summed E-state index contributed by atoms with van der Waals surface area (Å²) in [4.78, 5) is 36.6. The van der Waals surface area contributed by atoms with Crippen LogP contribution < -0.4 is 114 Å². The smallest absolute Gasteiger partial charge is 0.807 e. The Morgan fingerprint density at radius 3 is 2.27 bits per heavy atom. The predicted octanol–water partition coefficient (Wildman–Crippen LogP) is -5.36. The van der Waals surface area contributed by atoms with Gasteiger partial charge in [0, 0.05) is 46.9 Å². The minimum absolute atomic E-state index is 0. The van der Waals surface area contributed by atoms with Crippen LogP contribution in [0.5, 0.6) is 0 Å². The maximum Gasteiger partial charge on any atom is 1.00 e. The van der Waals surface area contributed by atoms with Crippen LogP contribution in [0.15, 0.2) is 84.1 Å². The number of anilines is 1. The largest absolute Gasteiger partial charge is 1.00 e. The molecule has 0 aromatic heterocycles. The van der Waals surface area contributed by atoms with Gasteiger partial charge in [0.25, 0.3) is 0 Å². The van der Waals surface area contributed by atoms with E-state index in [9.17, 15) is 24.3 Å². The van der Waals surface area contributed by atoms with Crippen LogP contribution in [-0.2, 0) is 20.2 Å². The first-order chi connectivity index (χ1) is 19.6. The second kappa shape index (κ2) is 16.7. The second-order valence-corrected chi connectivity index (χ2v) is 13.5. The molecule has 222 valence electrons. The molecule has 2 heterocycles. The first-order valence-corrected chi connectivity index (χ1v) is 15.6. The van der Waals surface area contributed by atoms with Crippen molar-refractivity contribution >= 4 is 36.0 Å². The van der Waals surface area contributed by atoms with E-state index in [1.165, 1.54) is 17.7 Å². The molecule has 7 nitrogen and oxygen atoms in total. The standard InChI is InChI=1S/C34H41N2O5P.3Na/c1-8-35-28-18-16-25(42(39,40)41)22-27(28)34(6,7)30(35)13-9-11-23(2)12-10-14-31-33(4,5)26-21-24(3)15-17-29(26)36(31)20-19-32(37)38;;;/h9-18,21-22H,1,8,19-20H2,2-7H3,(H,37,38)(H2,39,40,41);;;/q;3*+1/p-3. The number of carboxylic acids is 1. The van der Waals surface area contributed by atoms with Crippen LogP contribution in [0.1, 0.15) is 57.7 Å². The molecule has 2 aliphatic rings. The molecule has 11 heteroatoms. The maximum atomic E-state index is 11.7. The van der Waals surface area contributed by atoms with Crippen molar-refractivity contribution < 1.29 is 118 Å². The zero-order valence-electron chi connectivity index (χ0n) is 28.1. The van der Waals surface area contributed by atoms with Gasteiger partial charge in [0.05, 0.1) is 5.41 Å². The summed E-state index contributed by atoms with van der Waals surface area (Å²) in [5.74, 6) is -1.08. The summed E-state index contributed by atoms with van der Waals surface area (Å²) in [5.41, 5.74) is 7.14. The molecule has 0 radical (unpaired) electrons. The number of benzene rings is 2. The van der Waals surface area contributed by atoms with E-state index in [0.717, 1.165) is 39.5 Å². The van der Waals surface area contributed by atoms with Crippen LogP contribution in [-0.4, -0.2) is 29.3 Å². The Kier molecular flexibility index (Phi) is 15.8. The number of fused-ring (bicyclic) bond motifs is 2. The molecule has 2 aromatic carbocycles. The van der Waals surface area contributed by atoms with Gasteiger partial charge in [0.15, 0.2) is 12.3 Å². The SMILES string of the molecule is [CH2-]CN1/C(=C/C=C/C(C)=C/C=C/C2=[N+](CCC(=O)[O-])c3ccc(C)cc3C2(C)C)C(C)(C)c2cc(P(=O)([O-])[O-])ccc21.[Na+].[Na+].[Na+]. The fourth-order valence-electron chi connectivity index (χ4n) is 5.95. The van der Waals surface area contributed by atoms with Crippen molar-refractivity contribution in [1.29, 1.82) is 0 Å². The number of carbonyl (C=O) groups is 1. The third-order valence-electron chi connectivity index (χ3n) is 8.23. The van der Waals surface area contributed by atoms with E-state index < -0.39 is 19.0 Å². The summed E-state index contributed by atoms with van der Waals surface area (Å²) in [6.07, 6.45) is 11.9. The van der Waals surface area contributed by atoms with Crippen molar-refractivity contribution in [3.05, 3.63) is 108 Å². The van der Waals surface area contributed by atoms with E-state index in [1.54, 1.807) is 6.07 Å². The normalized spacial score (nSPS) is 17.7. The Balaban J connectivity index is 0.00000337. The van der Waals surface area contributed by atoms with E-state index in [1.807, 2.05) is 68.2 Å². The fraction of sp³-hybridized carbons (Fsp3) is 0.324. The van der Waals surface area contributed by atoms with Crippen molar-refractivity contribution in [2.45, 2.75) is 58.8 Å². The Bertz CT molecular complexity index is 1630. The first kappa shape index (κ1) is 42.5. The Morgan fingerprint density at radius 2 is 1.67 bits per heavy atom. The van der Waals surface area contributed by atoms with Gasteiger partial charge in [-0.3, -0.25) is 0 Å². The molecule has 0 spiro atoms. The Hall–Kier alpha value is -0.510. The van der Waals surface area contributed by atoms with Crippen molar-refractivity contribution in [2.24, 2.45) is 0 Å². The fourth-order valence-corrected chi connectivity index (χ4v) is 6.49. The van der Waals surface area contributed by atoms with Gasteiger partial charge in [-0.1, -0.05) is 61.4 Å². The summed E-state index contributed by atoms with van der Waals surface area (Å²) < 4.78 is 13.7. The average molecular weight is 655 g/mol. The van der Waals surface area contributed by atoms with Crippen molar-refractivity contribution in [1.82, 2.24) is 0 Å². The van der Waals surface area contributed by atoms with Gasteiger partial charge in [-0.2, -0.15) is 4.58 Å². The quantitative estimate of drug-likeness (QED) is 0.0879. The molecule has 2 aromatic rings. The number of allylic oxidation sites excluding steroid dienone is 8. The third kappa shape index (κ3) is 9.14. The number of hydrogen-bond donors (Lipinski definition) is 0. The molecule has 0 saturated heterocycles. The molecule has 0 amide bonds. The number of rotatable bonds is 9. The molecular formula is C34H38N2Na3O5P. The first-order valence-electron chi connectivity index (χ1n) is 14.0. The number of nitrogens with zero attached hydrogens (tertiary/aromatic N) is 2. The Morgan fingerprint density at radius 1 is 1.00 bits per heavy atom. The molecule has 0 unspecified atom stereocenters. The van der Waals surface area contributed by atoms with Gasteiger partial charge >= 0.3 is 88.7 Å². The van der Waals surface area contributed by atoms with Crippen LogP contribution in [0.3, 0.4) is 0 Å². The van der Waals surface area contributed by atoms with Gasteiger partial charge in [0.1, 0.15) is 0 Å². The molecule has 0 saturated carbocycles. The van der Waals surface area contributed by atoms with Gasteiger partial charge in [-0.25, -0.2) is 0 Å². The summed E-state index contributed by atoms with van der Waals surface area (Å²) in [5, 5.41) is 11.1. The van der Waals surface area contributed by atoms with Gasteiger partial charge in [0.2, 0.25) is 5.69 Å². The van der Waals surface area contributed by atoms with Gasteiger partial charge < -0.3 is 36.1 Å². The zero-order chi connectivity index (χ0) is 31.0. The van der Waals surface area contributed by atoms with E-state index in [0.29, 0.717) is 13.1 Å². The van der Waals surface area contributed by atoms with Crippen molar-refractivity contribution in [3.8, 4) is 0 Å². The Labute approximate surface area is 334 Å². The third-order valence-corrected chi connectivity index (χ3v) is 9.14. The second-order valence-electron chi connectivity index (χ2n) is 12.0. The predicted molar refractivity (Wildman–Crippen MR) is 163 cm³/mol. The van der Waals surface area contributed by atoms with Crippen molar-refractivity contribution in [2.75, 3.05) is 18.0 Å². The number of aliphatic carboxylic acids is 1. The van der Waals surface area contributed by atoms with Gasteiger partial charge in [-0.05, 0) is 70.4 Å². The summed E-state index contributed by atoms with van der Waals surface area (Å²) >= 11 is 0. The molecule has 0 aliphatic carbocycles. The van der Waals surface area contributed by atoms with E-state index in [2.05, 4.69) is 44.4 Å². The summed E-state index contributed by atoms with van der Waals surface area (Å²) in [6.45, 7) is 17.2. The maximum absolute atomic E-state index is 11.7. The van der Waals surface area contributed by atoms with Crippen LogP contribution in [0, 0.1) is 13.8 Å². The number of aryl methyl sites for hydroxylation is 1. The van der Waals surface area contributed by atoms with Crippen LogP contribution in [0.2, 0.25) is 0 Å². The van der Waals surface area contributed by atoms with E-state index in [4.69, 9.17) is 0 Å². The van der Waals surface area contributed by atoms with E-state index in [-0.39, 0.29) is 106 Å². The molecule has 45 heavy (non-hydrogen) atoms. The van der Waals surface area contributed by atoms with Crippen LogP contribution in [0.25, 0.3) is 0 Å². The monoisotopic (exact) mass is 654 g/mol. The molecule has 0 N–H and O–H groups in total. The minimum atomic E-state index is -4.86. The topological polar surface area (TPSA) is 110 Å². The van der Waals surface area contributed by atoms with Gasteiger partial charge in [-0.15, -0.1) is 6.54 Å². The summed E-state index contributed by atoms with van der Waals surface area (Å²) in [7, 11) is -4.86. The van der Waals surface area contributed by atoms with Crippen LogP contribution in [0.4, 0.5) is 11.4 Å². The molecule has 0 fully saturated rings. The van der Waals surface area contributed by atoms with E-state index >= 15 is 0 Å². The van der Waals surface area contributed by atoms with Crippen LogP contribution >= 0.6 is 7.60 Å². The molecular weight excluding hydrogens is 616 g/mol. The zero-order valence-corrected chi connectivity index (χ0v) is 35.0. The molecule has 0 atom stereocenters. The average Bonchev–Trinajstić information content (AvgIpc) is 3.24. The number of hydrogen-bond acceptors (Lipinski definition) is 6.